The van der Waals surface area contributed by atoms with Crippen molar-refractivity contribution in [2.24, 2.45) is 5.41 Å². The zero-order valence-electron chi connectivity index (χ0n) is 9.71. The predicted octanol–water partition coefficient (Wildman–Crippen LogP) is 3.24. The number of nitrogens with zero attached hydrogens (tertiary/aromatic N) is 1. The van der Waals surface area contributed by atoms with Crippen LogP contribution in [0.25, 0.3) is 0 Å². The minimum atomic E-state index is -4.74. The molecule has 0 spiro atoms. The van der Waals surface area contributed by atoms with Gasteiger partial charge < -0.3 is 5.11 Å². The highest BCUT2D eigenvalue weighted by Crippen LogP contribution is 2.46. The third-order valence-electron chi connectivity index (χ3n) is 3.31. The number of carboxylic acid groups (broad SMARTS) is 1. The molecule has 0 bridgehead atoms. The number of halogens is 4. The Balaban J connectivity index is 2.11. The summed E-state index contributed by atoms with van der Waals surface area (Å²) in [5, 5.41) is 8.92. The number of rotatable bonds is 3. The second-order valence-electron chi connectivity index (χ2n) is 4.55. The average molecular weight is 314 g/mol. The van der Waals surface area contributed by atoms with E-state index in [4.69, 9.17) is 16.7 Å². The lowest BCUT2D eigenvalue weighted by Crippen LogP contribution is -2.47. The molecular formula is C11H11ClF3NO2S. The van der Waals surface area contributed by atoms with E-state index in [-0.39, 0.29) is 6.54 Å². The van der Waals surface area contributed by atoms with Crippen LogP contribution in [0, 0.1) is 5.41 Å². The minimum Gasteiger partial charge on any atom is -0.481 e. The zero-order valence-corrected chi connectivity index (χ0v) is 11.3. The largest absolute Gasteiger partial charge is 0.481 e. The van der Waals surface area contributed by atoms with Crippen molar-refractivity contribution in [1.82, 2.24) is 4.90 Å². The van der Waals surface area contributed by atoms with Gasteiger partial charge in [0.15, 0.2) is 5.41 Å². The van der Waals surface area contributed by atoms with Crippen molar-refractivity contribution in [3.8, 4) is 0 Å². The maximum Gasteiger partial charge on any atom is 0.406 e. The number of carbonyl (C=O) groups is 1. The van der Waals surface area contributed by atoms with E-state index in [9.17, 15) is 18.0 Å². The summed E-state index contributed by atoms with van der Waals surface area (Å²) < 4.78 is 39.4. The van der Waals surface area contributed by atoms with Crippen LogP contribution >= 0.6 is 22.9 Å². The van der Waals surface area contributed by atoms with Gasteiger partial charge in [0.2, 0.25) is 0 Å². The fourth-order valence-electron chi connectivity index (χ4n) is 2.21. The summed E-state index contributed by atoms with van der Waals surface area (Å²) in [7, 11) is 0. The molecule has 0 aliphatic carbocycles. The number of thiophene rings is 1. The summed E-state index contributed by atoms with van der Waals surface area (Å²) in [5.41, 5.74) is -2.64. The van der Waals surface area contributed by atoms with E-state index >= 15 is 0 Å². The second-order valence-corrected chi connectivity index (χ2v) is 6.35. The summed E-state index contributed by atoms with van der Waals surface area (Å²) in [6.07, 6.45) is -5.15. The Morgan fingerprint density at radius 3 is 2.63 bits per heavy atom. The van der Waals surface area contributed by atoms with E-state index in [1.807, 2.05) is 0 Å². The molecule has 3 nitrogen and oxygen atoms in total. The molecule has 1 N–H and O–H groups in total. The quantitative estimate of drug-likeness (QED) is 0.931. The van der Waals surface area contributed by atoms with Gasteiger partial charge >= 0.3 is 12.1 Å². The van der Waals surface area contributed by atoms with Crippen LogP contribution in [0.1, 0.15) is 11.3 Å². The van der Waals surface area contributed by atoms with Gasteiger partial charge in [-0.2, -0.15) is 13.2 Å². The molecule has 1 aromatic heterocycles. The van der Waals surface area contributed by atoms with E-state index in [0.717, 1.165) is 4.88 Å². The number of aliphatic carboxylic acids is 1. The first-order chi connectivity index (χ1) is 8.74. The van der Waals surface area contributed by atoms with Gasteiger partial charge in [0, 0.05) is 24.5 Å². The van der Waals surface area contributed by atoms with E-state index in [1.54, 1.807) is 12.1 Å². The first-order valence-corrected chi connectivity index (χ1v) is 6.71. The Morgan fingerprint density at radius 2 is 2.21 bits per heavy atom. The van der Waals surface area contributed by atoms with Crippen molar-refractivity contribution in [1.29, 1.82) is 0 Å². The Labute approximate surface area is 116 Å². The van der Waals surface area contributed by atoms with Gasteiger partial charge in [-0.05, 0) is 18.6 Å². The van der Waals surface area contributed by atoms with Gasteiger partial charge in [-0.25, -0.2) is 0 Å². The van der Waals surface area contributed by atoms with Gasteiger partial charge in [-0.3, -0.25) is 9.69 Å². The van der Waals surface area contributed by atoms with Crippen LogP contribution < -0.4 is 0 Å². The van der Waals surface area contributed by atoms with E-state index in [0.29, 0.717) is 10.9 Å². The van der Waals surface area contributed by atoms with Crippen molar-refractivity contribution in [2.45, 2.75) is 19.1 Å². The van der Waals surface area contributed by atoms with Crippen LogP contribution in [0.4, 0.5) is 13.2 Å². The number of hydrogen-bond acceptors (Lipinski definition) is 3. The molecule has 2 rings (SSSR count). The lowest BCUT2D eigenvalue weighted by molar-refractivity contribution is -0.227. The van der Waals surface area contributed by atoms with Crippen LogP contribution in [0.3, 0.4) is 0 Å². The molecule has 1 unspecified atom stereocenters. The lowest BCUT2D eigenvalue weighted by atomic mass is 9.86. The fourth-order valence-corrected chi connectivity index (χ4v) is 3.34. The third kappa shape index (κ3) is 2.73. The summed E-state index contributed by atoms with van der Waals surface area (Å²) in [4.78, 5) is 13.3. The summed E-state index contributed by atoms with van der Waals surface area (Å²) in [6, 6.07) is 3.41. The minimum absolute atomic E-state index is 0.112. The molecule has 0 radical (unpaired) electrons. The molecule has 8 heteroatoms. The maximum absolute atomic E-state index is 13.0. The lowest BCUT2D eigenvalue weighted by Gasteiger charge is -2.27. The fraction of sp³-hybridized carbons (Fsp3) is 0.545. The summed E-state index contributed by atoms with van der Waals surface area (Å²) in [6.45, 7) is -0.106. The van der Waals surface area contributed by atoms with Gasteiger partial charge in [-0.15, -0.1) is 11.3 Å². The average Bonchev–Trinajstić information content (AvgIpc) is 2.85. The smallest absolute Gasteiger partial charge is 0.406 e. The molecule has 2 heterocycles. The third-order valence-corrected chi connectivity index (χ3v) is 4.52. The van der Waals surface area contributed by atoms with Crippen LogP contribution in [-0.2, 0) is 11.3 Å². The van der Waals surface area contributed by atoms with E-state index in [1.165, 1.54) is 16.2 Å². The molecule has 1 aromatic rings. The molecule has 1 saturated heterocycles. The van der Waals surface area contributed by atoms with Crippen LogP contribution in [-0.4, -0.2) is 35.2 Å². The van der Waals surface area contributed by atoms with Crippen LogP contribution in [0.2, 0.25) is 4.34 Å². The standard InChI is InChI=1S/C11H11ClF3NO2S/c12-8-2-1-7(19-8)5-16-4-3-10(6-16,9(17)18)11(13,14)15/h1-2H,3-6H2,(H,17,18). The number of likely N-dealkylation sites (tertiary alicyclic amines) is 1. The Morgan fingerprint density at radius 1 is 1.53 bits per heavy atom. The molecule has 0 amide bonds. The van der Waals surface area contributed by atoms with Crippen molar-refractivity contribution in [3.63, 3.8) is 0 Å². The van der Waals surface area contributed by atoms with E-state index < -0.39 is 30.5 Å². The Kier molecular flexibility index (Phi) is 3.81. The van der Waals surface area contributed by atoms with Gasteiger partial charge in [0.1, 0.15) is 0 Å². The molecule has 0 aromatic carbocycles. The highest BCUT2D eigenvalue weighted by atomic mass is 35.5. The zero-order chi connectivity index (χ0) is 14.3. The molecule has 106 valence electrons. The normalized spacial score (nSPS) is 24.8. The molecule has 1 fully saturated rings. The molecule has 1 aliphatic heterocycles. The van der Waals surface area contributed by atoms with Crippen molar-refractivity contribution in [3.05, 3.63) is 21.3 Å². The Hall–Kier alpha value is -0.790. The maximum atomic E-state index is 13.0. The molecule has 1 aliphatic rings. The van der Waals surface area contributed by atoms with E-state index in [2.05, 4.69) is 0 Å². The highest BCUT2D eigenvalue weighted by molar-refractivity contribution is 7.16. The van der Waals surface area contributed by atoms with Crippen molar-refractivity contribution < 1.29 is 23.1 Å². The first kappa shape index (κ1) is 14.6. The number of carboxylic acids is 1. The first-order valence-electron chi connectivity index (χ1n) is 5.51. The SMILES string of the molecule is O=C(O)C1(C(F)(F)F)CCN(Cc2ccc(Cl)s2)C1. The Bertz CT molecular complexity index is 491. The van der Waals surface area contributed by atoms with Gasteiger partial charge in [-0.1, -0.05) is 11.6 Å². The number of hydrogen-bond donors (Lipinski definition) is 1. The second kappa shape index (κ2) is 4.96. The monoisotopic (exact) mass is 313 g/mol. The predicted molar refractivity (Wildman–Crippen MR) is 65.3 cm³/mol. The van der Waals surface area contributed by atoms with Gasteiger partial charge in [0.05, 0.1) is 4.34 Å². The molecule has 19 heavy (non-hydrogen) atoms. The summed E-state index contributed by atoms with van der Waals surface area (Å²) >= 11 is 7.04. The number of alkyl halides is 3. The van der Waals surface area contributed by atoms with Gasteiger partial charge in [0.25, 0.3) is 0 Å². The van der Waals surface area contributed by atoms with Crippen molar-refractivity contribution >= 4 is 28.9 Å². The molecule has 0 saturated carbocycles. The molecular weight excluding hydrogens is 303 g/mol. The van der Waals surface area contributed by atoms with Crippen LogP contribution in [0.15, 0.2) is 12.1 Å². The van der Waals surface area contributed by atoms with Crippen LogP contribution in [0.5, 0.6) is 0 Å². The summed E-state index contributed by atoms with van der Waals surface area (Å²) in [5.74, 6) is -1.80. The highest BCUT2D eigenvalue weighted by Gasteiger charge is 2.63. The topological polar surface area (TPSA) is 40.5 Å². The molecule has 1 atom stereocenters. The van der Waals surface area contributed by atoms with Crippen molar-refractivity contribution in [2.75, 3.05) is 13.1 Å².